The van der Waals surface area contributed by atoms with Crippen LogP contribution in [0.25, 0.3) is 107 Å². The van der Waals surface area contributed by atoms with Gasteiger partial charge in [0.2, 0.25) is 5.95 Å². The van der Waals surface area contributed by atoms with E-state index in [1.54, 1.807) is 0 Å². The topological polar surface area (TPSA) is 82.3 Å². The van der Waals surface area contributed by atoms with Gasteiger partial charge in [-0.25, -0.2) is 19.9 Å². The molecule has 0 bridgehead atoms. The Hall–Kier alpha value is -8.16. The summed E-state index contributed by atoms with van der Waals surface area (Å²) in [7, 11) is 0. The van der Waals surface area contributed by atoms with Crippen molar-refractivity contribution >= 4 is 32.6 Å². The summed E-state index contributed by atoms with van der Waals surface area (Å²) in [4.78, 5) is 30.4. The Balaban J connectivity index is 1.15. The van der Waals surface area contributed by atoms with Crippen LogP contribution >= 0.6 is 0 Å². The van der Waals surface area contributed by atoms with Gasteiger partial charge in [-0.2, -0.15) is 9.97 Å². The van der Waals surface area contributed by atoms with Crippen molar-refractivity contribution < 1.29 is 0 Å². The first kappa shape index (κ1) is 34.1. The smallest absolute Gasteiger partial charge is 0.238 e. The monoisotopic (exact) mass is 755 g/mol. The van der Waals surface area contributed by atoms with Crippen molar-refractivity contribution in [2.75, 3.05) is 0 Å². The third-order valence-electron chi connectivity index (χ3n) is 10.7. The standard InChI is InChI=1S/C52H33N7/c1-5-17-35(18-6-1)47-53-48(36-19-7-2-8-20-36)55-49(54-47)39-31-29-34(30-32-39)45-41-26-14-13-25-40(41)33-43-42-27-15-16-28-44(42)59(46(43)45)52-57-50(37-21-9-3-10-22-37)56-51(58-52)38-23-11-4-12-24-38/h1-33H. The molecule has 7 nitrogen and oxygen atoms in total. The van der Waals surface area contributed by atoms with Gasteiger partial charge in [0, 0.05) is 44.2 Å². The molecule has 0 spiro atoms. The molecule has 276 valence electrons. The summed E-state index contributed by atoms with van der Waals surface area (Å²) in [6, 6.07) is 68.3. The maximum absolute atomic E-state index is 5.23. The van der Waals surface area contributed by atoms with Crippen LogP contribution in [0.15, 0.2) is 200 Å². The molecule has 7 heteroatoms. The summed E-state index contributed by atoms with van der Waals surface area (Å²) in [6.45, 7) is 0. The lowest BCUT2D eigenvalue weighted by Gasteiger charge is -2.15. The molecular weight excluding hydrogens is 723 g/mol. The van der Waals surface area contributed by atoms with Gasteiger partial charge in [-0.15, -0.1) is 0 Å². The Labute approximate surface area is 340 Å². The lowest BCUT2D eigenvalue weighted by atomic mass is 9.94. The van der Waals surface area contributed by atoms with Crippen LogP contribution in [0.2, 0.25) is 0 Å². The number of nitrogens with zero attached hydrogens (tertiary/aromatic N) is 7. The second-order valence-corrected chi connectivity index (χ2v) is 14.4. The number of aromatic nitrogens is 7. The van der Waals surface area contributed by atoms with Gasteiger partial charge in [0.25, 0.3) is 0 Å². The highest BCUT2D eigenvalue weighted by Gasteiger charge is 2.23. The Kier molecular flexibility index (Phi) is 8.33. The second-order valence-electron chi connectivity index (χ2n) is 14.4. The van der Waals surface area contributed by atoms with E-state index in [0.29, 0.717) is 35.1 Å². The predicted octanol–water partition coefficient (Wildman–Crippen LogP) is 12.3. The van der Waals surface area contributed by atoms with Gasteiger partial charge < -0.3 is 0 Å². The molecule has 0 fully saturated rings. The van der Waals surface area contributed by atoms with Crippen molar-refractivity contribution in [3.05, 3.63) is 200 Å². The summed E-state index contributed by atoms with van der Waals surface area (Å²) in [5, 5.41) is 4.49. The number of benzene rings is 8. The minimum absolute atomic E-state index is 0.545. The molecule has 0 aliphatic carbocycles. The summed E-state index contributed by atoms with van der Waals surface area (Å²) in [6.07, 6.45) is 0. The van der Waals surface area contributed by atoms with E-state index in [1.165, 1.54) is 0 Å². The molecule has 3 heterocycles. The molecule has 0 amide bonds. The molecule has 0 radical (unpaired) electrons. The van der Waals surface area contributed by atoms with Gasteiger partial charge in [0.05, 0.1) is 11.0 Å². The summed E-state index contributed by atoms with van der Waals surface area (Å²) >= 11 is 0. The van der Waals surface area contributed by atoms with Crippen molar-refractivity contribution in [3.63, 3.8) is 0 Å². The molecular formula is C52H33N7. The van der Waals surface area contributed by atoms with E-state index in [9.17, 15) is 0 Å². The highest BCUT2D eigenvalue weighted by Crippen LogP contribution is 2.43. The van der Waals surface area contributed by atoms with Gasteiger partial charge in [0.15, 0.2) is 29.1 Å². The third-order valence-corrected chi connectivity index (χ3v) is 10.7. The van der Waals surface area contributed by atoms with Crippen molar-refractivity contribution in [1.29, 1.82) is 0 Å². The highest BCUT2D eigenvalue weighted by molar-refractivity contribution is 6.21. The number of para-hydroxylation sites is 1. The van der Waals surface area contributed by atoms with E-state index >= 15 is 0 Å². The number of fused-ring (bicyclic) bond motifs is 4. The van der Waals surface area contributed by atoms with E-state index in [1.807, 2.05) is 121 Å². The van der Waals surface area contributed by atoms with Crippen molar-refractivity contribution in [1.82, 2.24) is 34.5 Å². The Morgan fingerprint density at radius 2 is 0.661 bits per heavy atom. The molecule has 8 aromatic carbocycles. The molecule has 0 saturated heterocycles. The van der Waals surface area contributed by atoms with Crippen molar-refractivity contribution in [2.24, 2.45) is 0 Å². The normalized spacial score (nSPS) is 11.4. The lowest BCUT2D eigenvalue weighted by Crippen LogP contribution is -2.07. The highest BCUT2D eigenvalue weighted by atomic mass is 15.2. The molecule has 0 atom stereocenters. The van der Waals surface area contributed by atoms with Crippen LogP contribution in [-0.4, -0.2) is 34.5 Å². The Morgan fingerprint density at radius 3 is 1.15 bits per heavy atom. The molecule has 11 aromatic rings. The Bertz CT molecular complexity index is 3180. The first-order chi connectivity index (χ1) is 29.2. The van der Waals surface area contributed by atoms with Crippen LogP contribution < -0.4 is 0 Å². The van der Waals surface area contributed by atoms with E-state index < -0.39 is 0 Å². The van der Waals surface area contributed by atoms with Gasteiger partial charge >= 0.3 is 0 Å². The molecule has 0 aliphatic rings. The molecule has 0 N–H and O–H groups in total. The summed E-state index contributed by atoms with van der Waals surface area (Å²) in [5.74, 6) is 3.61. The number of hydrogen-bond donors (Lipinski definition) is 0. The number of hydrogen-bond acceptors (Lipinski definition) is 6. The van der Waals surface area contributed by atoms with Crippen molar-refractivity contribution in [3.8, 4) is 74.0 Å². The zero-order valence-corrected chi connectivity index (χ0v) is 31.7. The van der Waals surface area contributed by atoms with Crippen molar-refractivity contribution in [2.45, 2.75) is 0 Å². The van der Waals surface area contributed by atoms with Crippen LogP contribution in [0, 0.1) is 0 Å². The van der Waals surface area contributed by atoms with Crippen LogP contribution in [0.3, 0.4) is 0 Å². The second kappa shape index (κ2) is 14.4. The van der Waals surface area contributed by atoms with E-state index in [0.717, 1.165) is 71.5 Å². The minimum Gasteiger partial charge on any atom is -0.277 e. The molecule has 11 rings (SSSR count). The van der Waals surface area contributed by atoms with Gasteiger partial charge in [0.1, 0.15) is 0 Å². The largest absolute Gasteiger partial charge is 0.277 e. The first-order valence-electron chi connectivity index (χ1n) is 19.6. The average molecular weight is 756 g/mol. The third kappa shape index (κ3) is 6.18. The zero-order chi connectivity index (χ0) is 39.1. The van der Waals surface area contributed by atoms with Crippen LogP contribution in [-0.2, 0) is 0 Å². The van der Waals surface area contributed by atoms with E-state index in [2.05, 4.69) is 83.4 Å². The summed E-state index contributed by atoms with van der Waals surface area (Å²) < 4.78 is 2.21. The van der Waals surface area contributed by atoms with Gasteiger partial charge in [-0.05, 0) is 28.5 Å². The van der Waals surface area contributed by atoms with Gasteiger partial charge in [-0.1, -0.05) is 188 Å². The fraction of sp³-hybridized carbons (Fsp3) is 0. The molecule has 59 heavy (non-hydrogen) atoms. The zero-order valence-electron chi connectivity index (χ0n) is 31.7. The van der Waals surface area contributed by atoms with Crippen LogP contribution in [0.4, 0.5) is 0 Å². The van der Waals surface area contributed by atoms with Crippen LogP contribution in [0.5, 0.6) is 0 Å². The first-order valence-corrected chi connectivity index (χ1v) is 19.6. The summed E-state index contributed by atoms with van der Waals surface area (Å²) in [5.41, 5.74) is 8.72. The minimum atomic E-state index is 0.545. The fourth-order valence-electron chi connectivity index (χ4n) is 7.91. The maximum atomic E-state index is 5.23. The van der Waals surface area contributed by atoms with E-state index in [4.69, 9.17) is 29.9 Å². The van der Waals surface area contributed by atoms with E-state index in [-0.39, 0.29) is 0 Å². The quantitative estimate of drug-likeness (QED) is 0.161. The molecule has 0 aliphatic heterocycles. The molecule has 3 aromatic heterocycles. The molecule has 0 saturated carbocycles. The van der Waals surface area contributed by atoms with Gasteiger partial charge in [-0.3, -0.25) is 4.57 Å². The Morgan fingerprint density at radius 1 is 0.288 bits per heavy atom. The lowest BCUT2D eigenvalue weighted by molar-refractivity contribution is 0.954. The SMILES string of the molecule is c1ccc(-c2nc(-c3ccccc3)nc(-c3ccc(-c4c5ccccc5cc5c6ccccc6n(-c6nc(-c7ccccc7)nc(-c7ccccc7)n6)c45)cc3)n2)cc1. The number of rotatable bonds is 7. The average Bonchev–Trinajstić information content (AvgIpc) is 3.65. The molecule has 0 unspecified atom stereocenters. The fourth-order valence-corrected chi connectivity index (χ4v) is 7.91. The maximum Gasteiger partial charge on any atom is 0.238 e. The predicted molar refractivity (Wildman–Crippen MR) is 238 cm³/mol. The van der Waals surface area contributed by atoms with Crippen LogP contribution in [0.1, 0.15) is 0 Å².